The van der Waals surface area contributed by atoms with E-state index in [2.05, 4.69) is 5.16 Å². The van der Waals surface area contributed by atoms with Crippen molar-refractivity contribution < 1.29 is 14.1 Å². The Labute approximate surface area is 199 Å². The highest BCUT2D eigenvalue weighted by atomic mass is 35.5. The molecule has 4 nitrogen and oxygen atoms in total. The van der Waals surface area contributed by atoms with E-state index in [1.54, 1.807) is 0 Å². The summed E-state index contributed by atoms with van der Waals surface area (Å²) in [6.45, 7) is 4.20. The number of halogens is 1. The smallest absolute Gasteiger partial charge is 0.145 e. The summed E-state index contributed by atoms with van der Waals surface area (Å²) in [4.78, 5) is 13.3. The van der Waals surface area contributed by atoms with Crippen LogP contribution in [0.5, 0.6) is 5.75 Å². The number of hydrogen-bond donors (Lipinski definition) is 0. The molecule has 3 aromatic carbocycles. The van der Waals surface area contributed by atoms with Crippen LogP contribution in [0.15, 0.2) is 83.4 Å². The van der Waals surface area contributed by atoms with Crippen molar-refractivity contribution in [3.63, 3.8) is 0 Å². The maximum atomic E-state index is 13.3. The zero-order chi connectivity index (χ0) is 23.2. The molecule has 1 atom stereocenters. The van der Waals surface area contributed by atoms with Crippen molar-refractivity contribution in [1.82, 2.24) is 5.16 Å². The Hall–Kier alpha value is -3.37. The highest BCUT2D eigenvalue weighted by Gasteiger charge is 2.22. The van der Waals surface area contributed by atoms with E-state index < -0.39 is 0 Å². The first-order chi connectivity index (χ1) is 16.0. The minimum Gasteiger partial charge on any atom is -0.489 e. The lowest BCUT2D eigenvalue weighted by molar-refractivity contribution is -0.119. The first kappa shape index (κ1) is 22.8. The number of aryl methyl sites for hydroxylation is 3. The van der Waals surface area contributed by atoms with E-state index in [-0.39, 0.29) is 11.7 Å². The molecule has 0 radical (unpaired) electrons. The summed E-state index contributed by atoms with van der Waals surface area (Å²) in [5, 5.41) is 4.61. The molecule has 0 aliphatic carbocycles. The Morgan fingerprint density at radius 2 is 1.61 bits per heavy atom. The van der Waals surface area contributed by atoms with Gasteiger partial charge in [-0.15, -0.1) is 0 Å². The molecular weight excluding hydrogens is 434 g/mol. The molecule has 0 saturated carbocycles. The van der Waals surface area contributed by atoms with Gasteiger partial charge in [0.1, 0.15) is 23.9 Å². The van der Waals surface area contributed by atoms with Crippen molar-refractivity contribution in [1.29, 1.82) is 0 Å². The summed E-state index contributed by atoms with van der Waals surface area (Å²) in [6.07, 6.45) is 1.11. The molecule has 0 fully saturated rings. The molecule has 5 heteroatoms. The molecule has 168 valence electrons. The number of aromatic nitrogens is 1. The van der Waals surface area contributed by atoms with Gasteiger partial charge in [-0.05, 0) is 61.2 Å². The highest BCUT2D eigenvalue weighted by molar-refractivity contribution is 6.30. The van der Waals surface area contributed by atoms with Crippen LogP contribution >= 0.6 is 11.6 Å². The van der Waals surface area contributed by atoms with Crippen LogP contribution in [-0.2, 0) is 17.8 Å². The standard InChI is InChI=1S/C28H26ClNO3/c1-19-26(20(2)33-30-19)18-32-25-15-8-21(9-16-25)10-17-27(31)28(22-6-4-3-5-7-22)23-11-13-24(29)14-12-23/h3-9,11-16,28H,10,17-18H2,1-2H3. The third-order valence-corrected chi connectivity index (χ3v) is 6.06. The quantitative estimate of drug-likeness (QED) is 0.274. The van der Waals surface area contributed by atoms with Crippen LogP contribution in [0.3, 0.4) is 0 Å². The van der Waals surface area contributed by atoms with Crippen molar-refractivity contribution in [2.24, 2.45) is 0 Å². The number of ether oxygens (including phenoxy) is 1. The minimum atomic E-state index is -0.305. The highest BCUT2D eigenvalue weighted by Crippen LogP contribution is 2.28. The van der Waals surface area contributed by atoms with Gasteiger partial charge in [-0.1, -0.05) is 71.4 Å². The van der Waals surface area contributed by atoms with Gasteiger partial charge in [-0.2, -0.15) is 0 Å². The number of benzene rings is 3. The molecule has 0 saturated heterocycles. The molecule has 0 aliphatic heterocycles. The summed E-state index contributed by atoms with van der Waals surface area (Å²) < 4.78 is 11.1. The van der Waals surface area contributed by atoms with Gasteiger partial charge < -0.3 is 9.26 Å². The summed E-state index contributed by atoms with van der Waals surface area (Å²) in [6, 6.07) is 25.3. The van der Waals surface area contributed by atoms with E-state index in [0.29, 0.717) is 24.5 Å². The van der Waals surface area contributed by atoms with Crippen LogP contribution in [0.25, 0.3) is 0 Å². The fraction of sp³-hybridized carbons (Fsp3) is 0.214. The number of ketones is 1. The van der Waals surface area contributed by atoms with Crippen LogP contribution in [0.1, 0.15) is 46.0 Å². The molecule has 0 N–H and O–H groups in total. The van der Waals surface area contributed by atoms with Crippen LogP contribution in [0, 0.1) is 13.8 Å². The molecule has 0 aliphatic rings. The largest absolute Gasteiger partial charge is 0.489 e. The van der Waals surface area contributed by atoms with Crippen molar-refractivity contribution >= 4 is 17.4 Å². The lowest BCUT2D eigenvalue weighted by Gasteiger charge is -2.17. The fourth-order valence-electron chi connectivity index (χ4n) is 3.89. The number of carbonyl (C=O) groups excluding carboxylic acids is 1. The Morgan fingerprint density at radius 3 is 2.24 bits per heavy atom. The molecule has 0 spiro atoms. The van der Waals surface area contributed by atoms with Gasteiger partial charge in [0.15, 0.2) is 0 Å². The summed E-state index contributed by atoms with van der Waals surface area (Å²) in [5.41, 5.74) is 4.86. The third kappa shape index (κ3) is 5.71. The Morgan fingerprint density at radius 1 is 0.939 bits per heavy atom. The molecule has 33 heavy (non-hydrogen) atoms. The van der Waals surface area contributed by atoms with Crippen molar-refractivity contribution in [3.05, 3.63) is 118 Å². The van der Waals surface area contributed by atoms with Crippen LogP contribution in [-0.4, -0.2) is 10.9 Å². The fourth-order valence-corrected chi connectivity index (χ4v) is 4.02. The first-order valence-corrected chi connectivity index (χ1v) is 11.4. The average Bonchev–Trinajstić information content (AvgIpc) is 3.16. The van der Waals surface area contributed by atoms with Gasteiger partial charge in [0.25, 0.3) is 0 Å². The van der Waals surface area contributed by atoms with Crippen molar-refractivity contribution in [2.45, 2.75) is 39.2 Å². The molecule has 1 aromatic heterocycles. The topological polar surface area (TPSA) is 52.3 Å². The van der Waals surface area contributed by atoms with Gasteiger partial charge in [-0.3, -0.25) is 4.79 Å². The first-order valence-electron chi connectivity index (χ1n) is 11.0. The Kier molecular flexibility index (Phi) is 7.26. The summed E-state index contributed by atoms with van der Waals surface area (Å²) >= 11 is 6.06. The monoisotopic (exact) mass is 459 g/mol. The third-order valence-electron chi connectivity index (χ3n) is 5.81. The van der Waals surface area contributed by atoms with E-state index in [0.717, 1.165) is 39.5 Å². The predicted octanol–water partition coefficient (Wildman–Crippen LogP) is 6.86. The summed E-state index contributed by atoms with van der Waals surface area (Å²) in [5.74, 6) is 1.42. The van der Waals surface area contributed by atoms with Gasteiger partial charge in [-0.25, -0.2) is 0 Å². The average molecular weight is 460 g/mol. The maximum Gasteiger partial charge on any atom is 0.145 e. The van der Waals surface area contributed by atoms with E-state index in [4.69, 9.17) is 20.9 Å². The SMILES string of the molecule is Cc1noc(C)c1COc1ccc(CCC(=O)C(c2ccccc2)c2ccc(Cl)cc2)cc1. The maximum absolute atomic E-state index is 13.3. The van der Waals surface area contributed by atoms with E-state index >= 15 is 0 Å². The van der Waals surface area contributed by atoms with Gasteiger partial charge in [0, 0.05) is 11.4 Å². The van der Waals surface area contributed by atoms with Crippen molar-refractivity contribution in [3.8, 4) is 5.75 Å². The summed E-state index contributed by atoms with van der Waals surface area (Å²) in [7, 11) is 0. The van der Waals surface area contributed by atoms with Crippen LogP contribution in [0.2, 0.25) is 5.02 Å². The predicted molar refractivity (Wildman–Crippen MR) is 130 cm³/mol. The van der Waals surface area contributed by atoms with Crippen LogP contribution in [0.4, 0.5) is 0 Å². The molecule has 1 unspecified atom stereocenters. The molecule has 0 amide bonds. The van der Waals surface area contributed by atoms with Gasteiger partial charge in [0.2, 0.25) is 0 Å². The molecule has 4 aromatic rings. The second-order valence-electron chi connectivity index (χ2n) is 8.10. The number of hydrogen-bond acceptors (Lipinski definition) is 4. The minimum absolute atomic E-state index is 0.183. The Bertz CT molecular complexity index is 1180. The van der Waals surface area contributed by atoms with Gasteiger partial charge in [0.05, 0.1) is 17.2 Å². The van der Waals surface area contributed by atoms with Gasteiger partial charge >= 0.3 is 0 Å². The van der Waals surface area contributed by atoms with E-state index in [1.165, 1.54) is 0 Å². The lowest BCUT2D eigenvalue weighted by Crippen LogP contribution is -2.15. The number of carbonyl (C=O) groups is 1. The molecular formula is C28H26ClNO3. The Balaban J connectivity index is 1.40. The van der Waals surface area contributed by atoms with Crippen molar-refractivity contribution in [2.75, 3.05) is 0 Å². The van der Waals surface area contributed by atoms with Crippen LogP contribution < -0.4 is 4.74 Å². The number of rotatable bonds is 9. The zero-order valence-electron chi connectivity index (χ0n) is 18.8. The van der Waals surface area contributed by atoms with E-state index in [1.807, 2.05) is 92.7 Å². The second kappa shape index (κ2) is 10.5. The molecule has 1 heterocycles. The van der Waals surface area contributed by atoms with E-state index in [9.17, 15) is 4.79 Å². The lowest BCUT2D eigenvalue weighted by atomic mass is 9.85. The second-order valence-corrected chi connectivity index (χ2v) is 8.53. The zero-order valence-corrected chi connectivity index (χ0v) is 19.5. The molecule has 0 bridgehead atoms. The number of Topliss-reactive ketones (excluding diaryl/α,β-unsaturated/α-hetero) is 1. The molecule has 4 rings (SSSR count). The number of nitrogens with zero attached hydrogens (tertiary/aromatic N) is 1. The normalized spacial score (nSPS) is 11.8.